The molecule has 2 aromatic carbocycles. The molecule has 2 heterocycles. The first-order valence-electron chi connectivity index (χ1n) is 11.4. The number of ether oxygens (including phenoxy) is 2. The largest absolute Gasteiger partial charge is 1.00 e. The van der Waals surface area contributed by atoms with E-state index < -0.39 is 21.2 Å². The van der Waals surface area contributed by atoms with Gasteiger partial charge < -0.3 is 31.4 Å². The number of carbonyl (C=O) groups is 2. The standard InChI is InChI=1S/C26H26IN5O4S.BrH/c1-5-35-16-36-20-11-13-21-23(14-20)37-25(29-21)30-24(33)22-12-8-18(15-28-22)27-17-6-9-19(10-7-17)32(4)26(34)31(2)3;/h6-15H,5,16H2,1-4H3;1H. The van der Waals surface area contributed by atoms with Crippen molar-refractivity contribution >= 4 is 44.3 Å². The van der Waals surface area contributed by atoms with Crippen LogP contribution in [0.25, 0.3) is 10.2 Å². The lowest BCUT2D eigenvalue weighted by molar-refractivity contribution is -0.597. The van der Waals surface area contributed by atoms with Gasteiger partial charge in [0.2, 0.25) is 3.57 Å². The molecule has 4 rings (SSSR count). The lowest BCUT2D eigenvalue weighted by Gasteiger charge is -2.21. The summed E-state index contributed by atoms with van der Waals surface area (Å²) >= 11 is 0.895. The van der Waals surface area contributed by atoms with Gasteiger partial charge in [-0.05, 0) is 61.5 Å². The number of aromatic nitrogens is 2. The van der Waals surface area contributed by atoms with Gasteiger partial charge in [-0.2, -0.15) is 0 Å². The van der Waals surface area contributed by atoms with Crippen molar-refractivity contribution in [3.05, 3.63) is 73.6 Å². The van der Waals surface area contributed by atoms with Crippen molar-refractivity contribution in [2.75, 3.05) is 44.8 Å². The van der Waals surface area contributed by atoms with Crippen molar-refractivity contribution in [3.63, 3.8) is 0 Å². The molecule has 0 fully saturated rings. The minimum Gasteiger partial charge on any atom is -1.00 e. The number of nitrogens with one attached hydrogen (secondary N) is 1. The summed E-state index contributed by atoms with van der Waals surface area (Å²) < 4.78 is 13.9. The van der Waals surface area contributed by atoms with Crippen LogP contribution in [-0.4, -0.2) is 61.3 Å². The molecule has 200 valence electrons. The lowest BCUT2D eigenvalue weighted by atomic mass is 10.3. The van der Waals surface area contributed by atoms with E-state index >= 15 is 0 Å². The van der Waals surface area contributed by atoms with Crippen molar-refractivity contribution < 1.29 is 57.2 Å². The average Bonchev–Trinajstić information content (AvgIpc) is 3.30. The van der Waals surface area contributed by atoms with Crippen LogP contribution in [0.1, 0.15) is 17.4 Å². The zero-order valence-electron chi connectivity index (χ0n) is 21.3. The second-order valence-corrected chi connectivity index (χ2v) is 12.1. The number of benzene rings is 2. The summed E-state index contributed by atoms with van der Waals surface area (Å²) in [6, 6.07) is 17.1. The molecule has 0 atom stereocenters. The number of pyridine rings is 1. The fraction of sp³-hybridized carbons (Fsp3) is 0.231. The highest BCUT2D eigenvalue weighted by Crippen LogP contribution is 2.29. The fourth-order valence-corrected chi connectivity index (χ4v) is 6.20. The second-order valence-electron chi connectivity index (χ2n) is 8.03. The molecule has 12 heteroatoms. The van der Waals surface area contributed by atoms with Crippen molar-refractivity contribution in [3.8, 4) is 5.75 Å². The maximum absolute atomic E-state index is 12.7. The number of fused-ring (bicyclic) bond motifs is 1. The van der Waals surface area contributed by atoms with Crippen LogP contribution in [0.5, 0.6) is 5.75 Å². The van der Waals surface area contributed by atoms with Crippen molar-refractivity contribution in [2.24, 2.45) is 0 Å². The monoisotopic (exact) mass is 711 g/mol. The van der Waals surface area contributed by atoms with Crippen LogP contribution in [0.2, 0.25) is 0 Å². The van der Waals surface area contributed by atoms with E-state index in [1.165, 1.54) is 19.8 Å². The first-order valence-corrected chi connectivity index (χ1v) is 14.4. The topological polar surface area (TPSA) is 96.9 Å². The third kappa shape index (κ3) is 7.62. The normalized spacial score (nSPS) is 10.5. The third-order valence-corrected chi connectivity index (χ3v) is 8.69. The van der Waals surface area contributed by atoms with E-state index in [1.807, 2.05) is 55.5 Å². The molecule has 0 saturated heterocycles. The highest BCUT2D eigenvalue weighted by Gasteiger charge is 2.19. The molecular weight excluding hydrogens is 685 g/mol. The van der Waals surface area contributed by atoms with Crippen LogP contribution in [0.4, 0.5) is 15.6 Å². The van der Waals surface area contributed by atoms with Crippen LogP contribution in [0.3, 0.4) is 0 Å². The number of thiazole rings is 1. The van der Waals surface area contributed by atoms with E-state index in [2.05, 4.69) is 15.3 Å². The molecule has 4 aromatic rings. The maximum Gasteiger partial charge on any atom is 0.359 e. The summed E-state index contributed by atoms with van der Waals surface area (Å²) in [5.41, 5.74) is 1.94. The number of carbonyl (C=O) groups excluding carboxylic acids is 2. The Labute approximate surface area is 246 Å². The summed E-state index contributed by atoms with van der Waals surface area (Å²) in [6.45, 7) is 2.68. The van der Waals surface area contributed by atoms with E-state index in [9.17, 15) is 9.59 Å². The highest BCUT2D eigenvalue weighted by atomic mass is 127. The van der Waals surface area contributed by atoms with Gasteiger partial charge in [0.15, 0.2) is 15.5 Å². The average molecular weight is 712 g/mol. The fourth-order valence-electron chi connectivity index (χ4n) is 3.23. The summed E-state index contributed by atoms with van der Waals surface area (Å²) in [4.78, 5) is 36.9. The van der Waals surface area contributed by atoms with Gasteiger partial charge in [-0.1, -0.05) is 11.3 Å². The number of hydrogen-bond acceptors (Lipinski definition) is 7. The molecule has 1 N–H and O–H groups in total. The number of urea groups is 1. The molecule has 3 amide bonds. The van der Waals surface area contributed by atoms with Gasteiger partial charge in [0.05, 0.1) is 16.4 Å². The Hall–Kier alpha value is -2.81. The van der Waals surface area contributed by atoms with Crippen molar-refractivity contribution in [1.29, 1.82) is 0 Å². The summed E-state index contributed by atoms with van der Waals surface area (Å²) in [7, 11) is 5.21. The molecule has 0 aliphatic rings. The Balaban J connectivity index is 0.00000400. The number of halogens is 2. The molecule has 0 aliphatic heterocycles. The third-order valence-electron chi connectivity index (χ3n) is 5.16. The zero-order chi connectivity index (χ0) is 26.4. The SMILES string of the molecule is CCOCOc1ccc2nc(NC(=O)c3ccc([I+]c4ccc(N(C)C(=O)N(C)C)cc4)cn3)sc2c1.[Br-]. The molecule has 0 unspecified atom stereocenters. The van der Waals surface area contributed by atoms with Crippen LogP contribution in [0, 0.1) is 7.14 Å². The molecule has 2 aromatic heterocycles. The van der Waals surface area contributed by atoms with Gasteiger partial charge in [0.1, 0.15) is 11.4 Å². The summed E-state index contributed by atoms with van der Waals surface area (Å²) in [5, 5.41) is 3.33. The van der Waals surface area contributed by atoms with Crippen LogP contribution in [0.15, 0.2) is 60.8 Å². The number of nitrogens with zero attached hydrogens (tertiary/aromatic N) is 4. The molecule has 38 heavy (non-hydrogen) atoms. The predicted octanol–water partition coefficient (Wildman–Crippen LogP) is -1.43. The van der Waals surface area contributed by atoms with Crippen molar-refractivity contribution in [1.82, 2.24) is 14.9 Å². The quantitative estimate of drug-likeness (QED) is 0.130. The Kier molecular flexibility index (Phi) is 10.8. The van der Waals surface area contributed by atoms with Gasteiger partial charge in [-0.3, -0.25) is 15.0 Å². The molecule has 0 aliphatic carbocycles. The lowest BCUT2D eigenvalue weighted by Crippen LogP contribution is -3.61. The maximum atomic E-state index is 12.7. The van der Waals surface area contributed by atoms with Gasteiger partial charge in [0.25, 0.3) is 5.91 Å². The number of anilines is 2. The Bertz CT molecular complexity index is 1380. The van der Waals surface area contributed by atoms with Crippen LogP contribution >= 0.6 is 11.3 Å². The minimum atomic E-state index is -0.477. The number of rotatable bonds is 9. The Morgan fingerprint density at radius 3 is 2.42 bits per heavy atom. The van der Waals surface area contributed by atoms with Gasteiger partial charge in [-0.15, -0.1) is 0 Å². The molecule has 0 spiro atoms. The van der Waals surface area contributed by atoms with E-state index in [-0.39, 0.29) is 35.7 Å². The van der Waals surface area contributed by atoms with Gasteiger partial charge in [0, 0.05) is 33.4 Å². The van der Waals surface area contributed by atoms with Crippen LogP contribution in [-0.2, 0) is 4.74 Å². The first-order chi connectivity index (χ1) is 17.8. The minimum absolute atomic E-state index is 0. The van der Waals surface area contributed by atoms with Gasteiger partial charge in [-0.25, -0.2) is 14.8 Å². The highest BCUT2D eigenvalue weighted by molar-refractivity contribution is 7.22. The molecule has 0 radical (unpaired) electrons. The Morgan fingerprint density at radius 2 is 1.76 bits per heavy atom. The van der Waals surface area contributed by atoms with Crippen molar-refractivity contribution in [2.45, 2.75) is 6.92 Å². The Morgan fingerprint density at radius 1 is 1.03 bits per heavy atom. The molecule has 0 saturated carbocycles. The summed E-state index contributed by atoms with van der Waals surface area (Å²) in [6.07, 6.45) is 1.75. The van der Waals surface area contributed by atoms with Crippen LogP contribution < -0.4 is 53.1 Å². The second kappa shape index (κ2) is 13.8. The van der Waals surface area contributed by atoms with Gasteiger partial charge >= 0.3 is 27.2 Å². The number of hydrogen-bond donors (Lipinski definition) is 1. The molecular formula is C26H27BrIN5O4S. The van der Waals surface area contributed by atoms with E-state index in [1.54, 1.807) is 38.3 Å². The molecule has 0 bridgehead atoms. The van der Waals surface area contributed by atoms with E-state index in [4.69, 9.17) is 9.47 Å². The van der Waals surface area contributed by atoms with E-state index in [0.717, 1.165) is 19.5 Å². The first kappa shape index (κ1) is 29.7. The predicted molar refractivity (Wildman–Crippen MR) is 140 cm³/mol. The smallest absolute Gasteiger partial charge is 0.359 e. The summed E-state index contributed by atoms with van der Waals surface area (Å²) in [5.74, 6) is 0.376. The zero-order valence-corrected chi connectivity index (χ0v) is 25.8. The van der Waals surface area contributed by atoms with E-state index in [0.29, 0.717) is 23.2 Å². The molecule has 9 nitrogen and oxygen atoms in total. The number of amides is 3.